The van der Waals surface area contributed by atoms with Gasteiger partial charge in [0.1, 0.15) is 5.41 Å². The van der Waals surface area contributed by atoms with Gasteiger partial charge < -0.3 is 9.84 Å². The number of carboxylic acid groups (broad SMARTS) is 1. The molecular weight excluding hydrogens is 238 g/mol. The largest absolute Gasteiger partial charge is 0.481 e. The van der Waals surface area contributed by atoms with Gasteiger partial charge >= 0.3 is 5.97 Å². The molecule has 1 aromatic heterocycles. The van der Waals surface area contributed by atoms with Crippen molar-refractivity contribution < 1.29 is 14.6 Å². The smallest absolute Gasteiger partial charge is 0.315 e. The average Bonchev–Trinajstić information content (AvgIpc) is 3.02. The monoisotopic (exact) mass is 253 g/mol. The summed E-state index contributed by atoms with van der Waals surface area (Å²) in [6.45, 7) is 1.59. The molecule has 2 heterocycles. The molecule has 1 N–H and O–H groups in total. The molecule has 2 fully saturated rings. The second kappa shape index (κ2) is 4.07. The zero-order valence-corrected chi connectivity index (χ0v) is 10.3. The highest BCUT2D eigenvalue weighted by Crippen LogP contribution is 2.51. The molecule has 3 rings (SSSR count). The summed E-state index contributed by atoms with van der Waals surface area (Å²) >= 11 is 1.59. The van der Waals surface area contributed by atoms with Crippen LogP contribution in [0, 0.1) is 0 Å². The third-order valence-electron chi connectivity index (χ3n) is 3.73. The highest BCUT2D eigenvalue weighted by molar-refractivity contribution is 7.12. The first-order valence-corrected chi connectivity index (χ1v) is 6.81. The van der Waals surface area contributed by atoms with Gasteiger partial charge in [-0.05, 0) is 25.7 Å². The zero-order valence-electron chi connectivity index (χ0n) is 9.52. The van der Waals surface area contributed by atoms with Crippen molar-refractivity contribution in [2.45, 2.75) is 37.0 Å². The molecule has 17 heavy (non-hydrogen) atoms. The van der Waals surface area contributed by atoms with Gasteiger partial charge in [0.15, 0.2) is 0 Å². The van der Waals surface area contributed by atoms with Gasteiger partial charge in [0, 0.05) is 30.2 Å². The van der Waals surface area contributed by atoms with Gasteiger partial charge in [0.2, 0.25) is 0 Å². The maximum atomic E-state index is 11.2. The van der Waals surface area contributed by atoms with Crippen LogP contribution in [-0.2, 0) is 14.9 Å². The maximum Gasteiger partial charge on any atom is 0.315 e. The van der Waals surface area contributed by atoms with Gasteiger partial charge in [-0.1, -0.05) is 0 Å². The SMILES string of the molecule is O=C(O)C1(c2cnc(C3CCOCC3)s2)CC1. The molecular formula is C12H15NO3S. The van der Waals surface area contributed by atoms with Gasteiger partial charge in [0.25, 0.3) is 0 Å². The van der Waals surface area contributed by atoms with Crippen molar-refractivity contribution in [3.8, 4) is 0 Å². The molecule has 0 bridgehead atoms. The minimum atomic E-state index is -0.695. The topological polar surface area (TPSA) is 59.4 Å². The van der Waals surface area contributed by atoms with Crippen molar-refractivity contribution in [3.05, 3.63) is 16.1 Å². The first-order valence-electron chi connectivity index (χ1n) is 6.00. The molecule has 1 aliphatic heterocycles. The van der Waals surface area contributed by atoms with E-state index in [4.69, 9.17) is 4.74 Å². The normalized spacial score (nSPS) is 23.5. The number of aromatic nitrogens is 1. The zero-order chi connectivity index (χ0) is 11.9. The lowest BCUT2D eigenvalue weighted by Crippen LogP contribution is -2.17. The van der Waals surface area contributed by atoms with E-state index >= 15 is 0 Å². The van der Waals surface area contributed by atoms with Crippen molar-refractivity contribution >= 4 is 17.3 Å². The quantitative estimate of drug-likeness (QED) is 0.896. The molecule has 0 radical (unpaired) electrons. The summed E-state index contributed by atoms with van der Waals surface area (Å²) in [6.07, 6.45) is 5.31. The lowest BCUT2D eigenvalue weighted by molar-refractivity contribution is -0.139. The summed E-state index contributed by atoms with van der Waals surface area (Å²) in [4.78, 5) is 16.6. The summed E-state index contributed by atoms with van der Waals surface area (Å²) in [5, 5.41) is 10.3. The fraction of sp³-hybridized carbons (Fsp3) is 0.667. The predicted octanol–water partition coefficient (Wildman–Crippen LogP) is 2.15. The number of carboxylic acids is 1. The minimum Gasteiger partial charge on any atom is -0.481 e. The molecule has 1 aromatic rings. The number of thiazole rings is 1. The molecule has 1 aliphatic carbocycles. The van der Waals surface area contributed by atoms with Crippen LogP contribution in [0.3, 0.4) is 0 Å². The maximum absolute atomic E-state index is 11.2. The first-order chi connectivity index (χ1) is 8.22. The van der Waals surface area contributed by atoms with E-state index in [0.717, 1.165) is 48.8 Å². The Hall–Kier alpha value is -0.940. The summed E-state index contributed by atoms with van der Waals surface area (Å²) in [5.74, 6) is -0.230. The fourth-order valence-corrected chi connectivity index (χ4v) is 3.66. The molecule has 1 saturated heterocycles. The van der Waals surface area contributed by atoms with Gasteiger partial charge in [0.05, 0.1) is 5.01 Å². The van der Waals surface area contributed by atoms with Crippen LogP contribution in [0.1, 0.15) is 41.5 Å². The van der Waals surface area contributed by atoms with Crippen LogP contribution >= 0.6 is 11.3 Å². The van der Waals surface area contributed by atoms with Crippen LogP contribution in [0.2, 0.25) is 0 Å². The Labute approximate surface area is 104 Å². The van der Waals surface area contributed by atoms with E-state index in [2.05, 4.69) is 4.98 Å². The number of carbonyl (C=O) groups is 1. The van der Waals surface area contributed by atoms with Crippen molar-refractivity contribution in [3.63, 3.8) is 0 Å². The molecule has 0 amide bonds. The summed E-state index contributed by atoms with van der Waals surface area (Å²) < 4.78 is 5.33. The molecule has 0 aromatic carbocycles. The first kappa shape index (κ1) is 11.2. The van der Waals surface area contributed by atoms with Crippen LogP contribution in [-0.4, -0.2) is 29.3 Å². The van der Waals surface area contributed by atoms with Crippen LogP contribution in [0.5, 0.6) is 0 Å². The molecule has 4 nitrogen and oxygen atoms in total. The van der Waals surface area contributed by atoms with E-state index in [-0.39, 0.29) is 0 Å². The Morgan fingerprint density at radius 1 is 1.47 bits per heavy atom. The number of hydrogen-bond donors (Lipinski definition) is 1. The Morgan fingerprint density at radius 3 is 2.76 bits per heavy atom. The van der Waals surface area contributed by atoms with E-state index in [9.17, 15) is 9.90 Å². The standard InChI is InChI=1S/C12H15NO3S/c14-11(15)12(3-4-12)9-7-13-10(17-9)8-1-5-16-6-2-8/h7-8H,1-6H2,(H,14,15). The molecule has 0 spiro atoms. The van der Waals surface area contributed by atoms with Crippen molar-refractivity contribution in [2.24, 2.45) is 0 Å². The van der Waals surface area contributed by atoms with Crippen molar-refractivity contribution in [1.82, 2.24) is 4.98 Å². The highest BCUT2D eigenvalue weighted by atomic mass is 32.1. The Balaban J connectivity index is 1.80. The van der Waals surface area contributed by atoms with Crippen molar-refractivity contribution in [2.75, 3.05) is 13.2 Å². The highest BCUT2D eigenvalue weighted by Gasteiger charge is 2.53. The number of aliphatic carboxylic acids is 1. The fourth-order valence-electron chi connectivity index (χ4n) is 2.33. The van der Waals surface area contributed by atoms with E-state index in [1.54, 1.807) is 17.5 Å². The number of ether oxygens (including phenoxy) is 1. The van der Waals surface area contributed by atoms with E-state index in [1.165, 1.54) is 0 Å². The number of rotatable bonds is 3. The van der Waals surface area contributed by atoms with Crippen LogP contribution in [0.25, 0.3) is 0 Å². The molecule has 2 aliphatic rings. The average molecular weight is 253 g/mol. The number of nitrogens with zero attached hydrogens (tertiary/aromatic N) is 1. The van der Waals surface area contributed by atoms with Gasteiger partial charge in [-0.2, -0.15) is 0 Å². The summed E-state index contributed by atoms with van der Waals surface area (Å²) in [6, 6.07) is 0. The molecule has 0 atom stereocenters. The van der Waals surface area contributed by atoms with Gasteiger partial charge in [-0.15, -0.1) is 11.3 Å². The van der Waals surface area contributed by atoms with Crippen LogP contribution in [0.4, 0.5) is 0 Å². The van der Waals surface area contributed by atoms with Crippen LogP contribution in [0.15, 0.2) is 6.20 Å². The van der Waals surface area contributed by atoms with Gasteiger partial charge in [-0.3, -0.25) is 4.79 Å². The Bertz CT molecular complexity index is 433. The summed E-state index contributed by atoms with van der Waals surface area (Å²) in [5.41, 5.74) is -0.596. The lowest BCUT2D eigenvalue weighted by atomic mass is 10.0. The minimum absolute atomic E-state index is 0.465. The molecule has 92 valence electrons. The Morgan fingerprint density at radius 2 is 2.18 bits per heavy atom. The lowest BCUT2D eigenvalue weighted by Gasteiger charge is -2.19. The second-order valence-electron chi connectivity index (χ2n) is 4.84. The number of hydrogen-bond acceptors (Lipinski definition) is 4. The van der Waals surface area contributed by atoms with E-state index in [0.29, 0.717) is 5.92 Å². The predicted molar refractivity (Wildman–Crippen MR) is 63.5 cm³/mol. The van der Waals surface area contributed by atoms with E-state index < -0.39 is 11.4 Å². The molecule has 0 unspecified atom stereocenters. The second-order valence-corrected chi connectivity index (χ2v) is 5.90. The molecule has 1 saturated carbocycles. The van der Waals surface area contributed by atoms with Crippen LogP contribution < -0.4 is 0 Å². The molecule has 5 heteroatoms. The Kier molecular flexibility index (Phi) is 2.67. The third kappa shape index (κ3) is 1.87. The van der Waals surface area contributed by atoms with Crippen molar-refractivity contribution in [1.29, 1.82) is 0 Å². The summed E-state index contributed by atoms with van der Waals surface area (Å²) in [7, 11) is 0. The van der Waals surface area contributed by atoms with E-state index in [1.807, 2.05) is 0 Å². The third-order valence-corrected chi connectivity index (χ3v) is 5.09. The van der Waals surface area contributed by atoms with Gasteiger partial charge in [-0.25, -0.2) is 4.98 Å².